The van der Waals surface area contributed by atoms with Gasteiger partial charge in [0.25, 0.3) is 5.91 Å². The van der Waals surface area contributed by atoms with Crippen LogP contribution >= 0.6 is 0 Å². The lowest BCUT2D eigenvalue weighted by Gasteiger charge is -2.31. The highest BCUT2D eigenvalue weighted by molar-refractivity contribution is 5.88. The van der Waals surface area contributed by atoms with Crippen LogP contribution in [0.2, 0.25) is 0 Å². The maximum atomic E-state index is 13.7. The number of halogens is 3. The van der Waals surface area contributed by atoms with E-state index < -0.39 is 23.2 Å². The molecule has 1 atom stereocenters. The summed E-state index contributed by atoms with van der Waals surface area (Å²) in [5, 5.41) is 0. The zero-order chi connectivity index (χ0) is 19.2. The van der Waals surface area contributed by atoms with Crippen molar-refractivity contribution in [2.75, 3.05) is 6.61 Å². The minimum Gasteiger partial charge on any atom is -0.494 e. The first-order valence-corrected chi connectivity index (χ1v) is 7.84. The summed E-state index contributed by atoms with van der Waals surface area (Å²) >= 11 is 0. The quantitative estimate of drug-likeness (QED) is 0.737. The molecule has 0 saturated carbocycles. The third-order valence-corrected chi connectivity index (χ3v) is 3.66. The number of para-hydroxylation sites is 1. The Hall–Kier alpha value is -2.58. The average Bonchev–Trinajstić information content (AvgIpc) is 2.61. The smallest absolute Gasteiger partial charge is 0.419 e. The highest BCUT2D eigenvalue weighted by Gasteiger charge is 2.60. The van der Waals surface area contributed by atoms with Crippen molar-refractivity contribution in [1.82, 2.24) is 5.48 Å². The van der Waals surface area contributed by atoms with Gasteiger partial charge < -0.3 is 10.5 Å². The van der Waals surface area contributed by atoms with Gasteiger partial charge in [0, 0.05) is 5.56 Å². The maximum Gasteiger partial charge on any atom is 0.419 e. The van der Waals surface area contributed by atoms with E-state index in [0.717, 1.165) is 6.07 Å². The molecule has 0 radical (unpaired) electrons. The molecule has 5 nitrogen and oxygen atoms in total. The third-order valence-electron chi connectivity index (χ3n) is 3.66. The number of alkyl halides is 3. The standard InChI is InChI=1S/C18H19F3N2O3/c1-2-25-15-11-7-6-10-14(15)17(22,18(19,20)21)16(24)23-26-12-13-8-4-3-5-9-13/h3-11H,2,12,22H2,1H3,(H,23,24)/t17-/m1/s1. The molecule has 0 aromatic heterocycles. The summed E-state index contributed by atoms with van der Waals surface area (Å²) in [6.45, 7) is 1.64. The van der Waals surface area contributed by atoms with Crippen LogP contribution in [0.1, 0.15) is 18.1 Å². The van der Waals surface area contributed by atoms with Gasteiger partial charge >= 0.3 is 6.18 Å². The van der Waals surface area contributed by atoms with E-state index in [1.54, 1.807) is 42.7 Å². The van der Waals surface area contributed by atoms with Crippen molar-refractivity contribution in [3.63, 3.8) is 0 Å². The van der Waals surface area contributed by atoms with Crippen LogP contribution in [-0.2, 0) is 21.8 Å². The molecule has 2 rings (SSSR count). The monoisotopic (exact) mass is 368 g/mol. The Labute approximate surface area is 148 Å². The second-order valence-electron chi connectivity index (χ2n) is 5.44. The van der Waals surface area contributed by atoms with E-state index in [9.17, 15) is 18.0 Å². The molecule has 3 N–H and O–H groups in total. The van der Waals surface area contributed by atoms with Crippen molar-refractivity contribution in [3.05, 3.63) is 65.7 Å². The number of hydroxylamine groups is 1. The second-order valence-corrected chi connectivity index (χ2v) is 5.44. The molecule has 2 aromatic rings. The molecule has 0 aliphatic carbocycles. The van der Waals surface area contributed by atoms with Gasteiger partial charge in [0.2, 0.25) is 5.54 Å². The van der Waals surface area contributed by atoms with Gasteiger partial charge in [-0.15, -0.1) is 0 Å². The Balaban J connectivity index is 2.25. The first-order chi connectivity index (χ1) is 12.3. The molecule has 0 fully saturated rings. The van der Waals surface area contributed by atoms with E-state index in [4.69, 9.17) is 15.3 Å². The summed E-state index contributed by atoms with van der Waals surface area (Å²) in [6, 6.07) is 13.9. The van der Waals surface area contributed by atoms with Crippen molar-refractivity contribution in [2.24, 2.45) is 5.73 Å². The normalized spacial score (nSPS) is 13.7. The van der Waals surface area contributed by atoms with E-state index in [2.05, 4.69) is 0 Å². The van der Waals surface area contributed by atoms with Crippen molar-refractivity contribution in [2.45, 2.75) is 25.2 Å². The number of rotatable bonds is 7. The molecule has 0 aliphatic heterocycles. The highest BCUT2D eigenvalue weighted by Crippen LogP contribution is 2.41. The van der Waals surface area contributed by atoms with E-state index in [0.29, 0.717) is 5.56 Å². The maximum absolute atomic E-state index is 13.7. The van der Waals surface area contributed by atoms with Gasteiger partial charge in [0.1, 0.15) is 5.75 Å². The van der Waals surface area contributed by atoms with Gasteiger partial charge in [-0.25, -0.2) is 5.48 Å². The number of benzene rings is 2. The van der Waals surface area contributed by atoms with E-state index in [-0.39, 0.29) is 19.0 Å². The number of carbonyl (C=O) groups is 1. The fourth-order valence-corrected chi connectivity index (χ4v) is 2.32. The molecule has 0 aliphatic rings. The summed E-state index contributed by atoms with van der Waals surface area (Å²) < 4.78 is 46.3. The number of amides is 1. The van der Waals surface area contributed by atoms with Gasteiger partial charge in [-0.3, -0.25) is 9.63 Å². The van der Waals surface area contributed by atoms with Crippen LogP contribution in [0, 0.1) is 0 Å². The molecule has 0 unspecified atom stereocenters. The summed E-state index contributed by atoms with van der Waals surface area (Å²) in [5.74, 6) is -1.65. The molecule has 8 heteroatoms. The van der Waals surface area contributed by atoms with Crippen LogP contribution in [0.3, 0.4) is 0 Å². The molecule has 0 heterocycles. The number of carbonyl (C=O) groups excluding carboxylic acids is 1. The number of ether oxygens (including phenoxy) is 1. The van der Waals surface area contributed by atoms with Crippen LogP contribution in [0.15, 0.2) is 54.6 Å². The van der Waals surface area contributed by atoms with Crippen molar-refractivity contribution in [3.8, 4) is 5.75 Å². The minimum atomic E-state index is -5.07. The van der Waals surface area contributed by atoms with E-state index in [1.165, 1.54) is 18.2 Å². The van der Waals surface area contributed by atoms with Crippen LogP contribution in [0.5, 0.6) is 5.75 Å². The SMILES string of the molecule is CCOc1ccccc1[C@@](N)(C(=O)NOCc1ccccc1)C(F)(F)F. The fraction of sp³-hybridized carbons (Fsp3) is 0.278. The van der Waals surface area contributed by atoms with Crippen molar-refractivity contribution >= 4 is 5.91 Å². The molecular formula is C18H19F3N2O3. The average molecular weight is 368 g/mol. The van der Waals surface area contributed by atoms with Gasteiger partial charge in [0.05, 0.1) is 13.2 Å². The first kappa shape index (κ1) is 19.7. The molecule has 1 amide bonds. The molecule has 0 bridgehead atoms. The molecule has 2 aromatic carbocycles. The molecule has 26 heavy (non-hydrogen) atoms. The number of hydrogen-bond acceptors (Lipinski definition) is 4. The Morgan fingerprint density at radius 1 is 1.08 bits per heavy atom. The summed E-state index contributed by atoms with van der Waals surface area (Å²) in [5.41, 5.74) is 4.22. The lowest BCUT2D eigenvalue weighted by atomic mass is 9.88. The van der Waals surface area contributed by atoms with Gasteiger partial charge in [-0.2, -0.15) is 13.2 Å². The van der Waals surface area contributed by atoms with Crippen LogP contribution in [0.25, 0.3) is 0 Å². The first-order valence-electron chi connectivity index (χ1n) is 7.84. The molecule has 0 saturated heterocycles. The largest absolute Gasteiger partial charge is 0.494 e. The molecule has 140 valence electrons. The number of nitrogens with two attached hydrogens (primary N) is 1. The fourth-order valence-electron chi connectivity index (χ4n) is 2.32. The lowest BCUT2D eigenvalue weighted by molar-refractivity contribution is -0.201. The summed E-state index contributed by atoms with van der Waals surface area (Å²) in [7, 11) is 0. The predicted molar refractivity (Wildman–Crippen MR) is 88.9 cm³/mol. The van der Waals surface area contributed by atoms with Crippen molar-refractivity contribution < 1.29 is 27.5 Å². The third kappa shape index (κ3) is 4.14. The number of nitrogens with one attached hydrogen (secondary N) is 1. The van der Waals surface area contributed by atoms with Crippen LogP contribution in [0.4, 0.5) is 13.2 Å². The van der Waals surface area contributed by atoms with E-state index in [1.807, 2.05) is 0 Å². The number of hydrogen-bond donors (Lipinski definition) is 2. The molecular weight excluding hydrogens is 349 g/mol. The summed E-state index contributed by atoms with van der Waals surface area (Å²) in [6.07, 6.45) is -5.07. The zero-order valence-electron chi connectivity index (χ0n) is 14.0. The van der Waals surface area contributed by atoms with Crippen LogP contribution in [-0.4, -0.2) is 18.7 Å². The molecule has 0 spiro atoms. The highest BCUT2D eigenvalue weighted by atomic mass is 19.4. The zero-order valence-corrected chi connectivity index (χ0v) is 14.0. The van der Waals surface area contributed by atoms with Gasteiger partial charge in [-0.05, 0) is 18.6 Å². The van der Waals surface area contributed by atoms with Gasteiger partial charge in [0.15, 0.2) is 0 Å². The minimum absolute atomic E-state index is 0.104. The Morgan fingerprint density at radius 2 is 1.69 bits per heavy atom. The summed E-state index contributed by atoms with van der Waals surface area (Å²) in [4.78, 5) is 17.2. The second kappa shape index (κ2) is 8.20. The Bertz CT molecular complexity index is 738. The van der Waals surface area contributed by atoms with E-state index >= 15 is 0 Å². The topological polar surface area (TPSA) is 73.6 Å². The van der Waals surface area contributed by atoms with Crippen molar-refractivity contribution in [1.29, 1.82) is 0 Å². The lowest BCUT2D eigenvalue weighted by Crippen LogP contribution is -2.60. The van der Waals surface area contributed by atoms with Crippen LogP contribution < -0.4 is 16.0 Å². The Morgan fingerprint density at radius 3 is 2.31 bits per heavy atom. The van der Waals surface area contributed by atoms with Gasteiger partial charge in [-0.1, -0.05) is 48.5 Å². The predicted octanol–water partition coefficient (Wildman–Crippen LogP) is 3.05. The Kier molecular flexibility index (Phi) is 6.23.